The number of ether oxygens (including phenoxy) is 1. The minimum atomic E-state index is -4.40. The molecule has 0 fully saturated rings. The van der Waals surface area contributed by atoms with Crippen LogP contribution in [0.15, 0.2) is 24.3 Å². The Morgan fingerprint density at radius 3 is 2.76 bits per heavy atom. The van der Waals surface area contributed by atoms with Gasteiger partial charge in [-0.3, -0.25) is 0 Å². The maximum atomic E-state index is 12.8. The molecule has 4 nitrogen and oxygen atoms in total. The van der Waals surface area contributed by atoms with Crippen LogP contribution in [-0.2, 0) is 23.9 Å². The summed E-state index contributed by atoms with van der Waals surface area (Å²) >= 11 is 0. The Kier molecular flexibility index (Phi) is 3.29. The SMILES string of the molecule is Nc1nc(-c2cccc(C(F)(F)F)c2)nc2c1COCC2. The highest BCUT2D eigenvalue weighted by Crippen LogP contribution is 2.32. The van der Waals surface area contributed by atoms with Crippen molar-refractivity contribution in [2.24, 2.45) is 0 Å². The van der Waals surface area contributed by atoms with Gasteiger partial charge in [0.1, 0.15) is 5.82 Å². The van der Waals surface area contributed by atoms with Gasteiger partial charge in [0.2, 0.25) is 0 Å². The topological polar surface area (TPSA) is 61.0 Å². The van der Waals surface area contributed by atoms with Crippen molar-refractivity contribution >= 4 is 5.82 Å². The Morgan fingerprint density at radius 2 is 2.00 bits per heavy atom. The molecule has 110 valence electrons. The van der Waals surface area contributed by atoms with E-state index in [1.54, 1.807) is 0 Å². The first-order valence-electron chi connectivity index (χ1n) is 6.36. The van der Waals surface area contributed by atoms with E-state index < -0.39 is 11.7 Å². The molecule has 0 radical (unpaired) electrons. The molecule has 0 saturated carbocycles. The molecule has 0 spiro atoms. The second kappa shape index (κ2) is 5.00. The van der Waals surface area contributed by atoms with Crippen molar-refractivity contribution in [3.8, 4) is 11.4 Å². The lowest BCUT2D eigenvalue weighted by atomic mass is 10.1. The summed E-state index contributed by atoms with van der Waals surface area (Å²) in [7, 11) is 0. The number of anilines is 1. The summed E-state index contributed by atoms with van der Waals surface area (Å²) < 4.78 is 43.5. The van der Waals surface area contributed by atoms with Gasteiger partial charge in [-0.1, -0.05) is 12.1 Å². The van der Waals surface area contributed by atoms with Gasteiger partial charge in [-0.2, -0.15) is 13.2 Å². The smallest absolute Gasteiger partial charge is 0.383 e. The summed E-state index contributed by atoms with van der Waals surface area (Å²) in [5, 5.41) is 0. The van der Waals surface area contributed by atoms with Crippen LogP contribution < -0.4 is 5.73 Å². The molecule has 2 aromatic rings. The number of hydrogen-bond acceptors (Lipinski definition) is 4. The zero-order valence-electron chi connectivity index (χ0n) is 10.9. The second-order valence-electron chi connectivity index (χ2n) is 4.74. The monoisotopic (exact) mass is 295 g/mol. The summed E-state index contributed by atoms with van der Waals surface area (Å²) in [5.41, 5.74) is 6.87. The largest absolute Gasteiger partial charge is 0.416 e. The Hall–Kier alpha value is -2.15. The molecule has 2 N–H and O–H groups in total. The van der Waals surface area contributed by atoms with Gasteiger partial charge in [0, 0.05) is 17.5 Å². The number of hydrogen-bond donors (Lipinski definition) is 1. The predicted octanol–water partition coefficient (Wildman–Crippen LogP) is 2.82. The molecule has 1 aliphatic heterocycles. The van der Waals surface area contributed by atoms with E-state index in [1.807, 2.05) is 0 Å². The average Bonchev–Trinajstić information content (AvgIpc) is 2.46. The maximum absolute atomic E-state index is 12.8. The summed E-state index contributed by atoms with van der Waals surface area (Å²) in [5.74, 6) is 0.464. The minimum absolute atomic E-state index is 0.208. The normalized spacial score (nSPS) is 14.8. The van der Waals surface area contributed by atoms with Crippen LogP contribution in [0, 0.1) is 0 Å². The van der Waals surface area contributed by atoms with Crippen LogP contribution in [-0.4, -0.2) is 16.6 Å². The van der Waals surface area contributed by atoms with Gasteiger partial charge in [-0.15, -0.1) is 0 Å². The number of halogens is 3. The van der Waals surface area contributed by atoms with Gasteiger partial charge < -0.3 is 10.5 Å². The van der Waals surface area contributed by atoms with Crippen LogP contribution >= 0.6 is 0 Å². The Balaban J connectivity index is 2.07. The molecule has 1 aliphatic rings. The third kappa shape index (κ3) is 2.69. The van der Waals surface area contributed by atoms with Crippen LogP contribution in [0.25, 0.3) is 11.4 Å². The van der Waals surface area contributed by atoms with Crippen LogP contribution in [0.2, 0.25) is 0 Å². The molecule has 0 unspecified atom stereocenters. The van der Waals surface area contributed by atoms with Crippen molar-refractivity contribution in [3.63, 3.8) is 0 Å². The number of nitrogen functional groups attached to an aromatic ring is 1. The molecule has 1 aromatic carbocycles. The molecule has 21 heavy (non-hydrogen) atoms. The fourth-order valence-electron chi connectivity index (χ4n) is 2.22. The number of nitrogens with zero attached hydrogens (tertiary/aromatic N) is 2. The first-order valence-corrected chi connectivity index (χ1v) is 6.36. The highest BCUT2D eigenvalue weighted by Gasteiger charge is 2.30. The standard InChI is InChI=1S/C14H12F3N3O/c15-14(16,17)9-3-1-2-8(6-9)13-19-11-4-5-21-7-10(11)12(18)20-13/h1-3,6H,4-5,7H2,(H2,18,19,20). The summed E-state index contributed by atoms with van der Waals surface area (Å²) in [6.07, 6.45) is -3.82. The van der Waals surface area contributed by atoms with Crippen molar-refractivity contribution in [1.29, 1.82) is 0 Å². The predicted molar refractivity (Wildman–Crippen MR) is 70.2 cm³/mol. The molecule has 2 heterocycles. The van der Waals surface area contributed by atoms with Gasteiger partial charge in [0.25, 0.3) is 0 Å². The van der Waals surface area contributed by atoms with Crippen LogP contribution in [0.1, 0.15) is 16.8 Å². The van der Waals surface area contributed by atoms with Gasteiger partial charge in [0.05, 0.1) is 24.5 Å². The van der Waals surface area contributed by atoms with Gasteiger partial charge >= 0.3 is 6.18 Å². The Bertz CT molecular complexity index is 686. The Labute approximate surface area is 118 Å². The van der Waals surface area contributed by atoms with Crippen LogP contribution in [0.5, 0.6) is 0 Å². The third-order valence-corrected chi connectivity index (χ3v) is 3.30. The van der Waals surface area contributed by atoms with E-state index in [2.05, 4.69) is 9.97 Å². The number of rotatable bonds is 1. The van der Waals surface area contributed by atoms with Crippen LogP contribution in [0.4, 0.5) is 19.0 Å². The zero-order chi connectivity index (χ0) is 15.0. The lowest BCUT2D eigenvalue weighted by molar-refractivity contribution is -0.137. The second-order valence-corrected chi connectivity index (χ2v) is 4.74. The molecular weight excluding hydrogens is 283 g/mol. The maximum Gasteiger partial charge on any atom is 0.416 e. The van der Waals surface area contributed by atoms with Gasteiger partial charge in [0.15, 0.2) is 5.82 Å². The van der Waals surface area contributed by atoms with Crippen molar-refractivity contribution in [2.45, 2.75) is 19.2 Å². The van der Waals surface area contributed by atoms with E-state index in [9.17, 15) is 13.2 Å². The number of aromatic nitrogens is 2. The molecule has 7 heteroatoms. The van der Waals surface area contributed by atoms with E-state index >= 15 is 0 Å². The Morgan fingerprint density at radius 1 is 1.19 bits per heavy atom. The molecule has 3 rings (SSSR count). The lowest BCUT2D eigenvalue weighted by Crippen LogP contribution is -2.16. The fourth-order valence-corrected chi connectivity index (χ4v) is 2.22. The highest BCUT2D eigenvalue weighted by atomic mass is 19.4. The molecule has 0 aliphatic carbocycles. The number of nitrogens with two attached hydrogens (primary N) is 1. The molecule has 0 bridgehead atoms. The van der Waals surface area contributed by atoms with Crippen molar-refractivity contribution < 1.29 is 17.9 Å². The fraction of sp³-hybridized carbons (Fsp3) is 0.286. The van der Waals surface area contributed by atoms with E-state index in [0.717, 1.165) is 23.4 Å². The highest BCUT2D eigenvalue weighted by molar-refractivity contribution is 5.60. The summed E-state index contributed by atoms with van der Waals surface area (Å²) in [6, 6.07) is 4.91. The van der Waals surface area contributed by atoms with E-state index in [-0.39, 0.29) is 11.6 Å². The lowest BCUT2D eigenvalue weighted by Gasteiger charge is -2.18. The molecular formula is C14H12F3N3O. The number of benzene rings is 1. The quantitative estimate of drug-likeness (QED) is 0.878. The number of fused-ring (bicyclic) bond motifs is 1. The van der Waals surface area contributed by atoms with E-state index in [0.29, 0.717) is 25.2 Å². The van der Waals surface area contributed by atoms with Crippen molar-refractivity contribution in [3.05, 3.63) is 41.1 Å². The van der Waals surface area contributed by atoms with Crippen LogP contribution in [0.3, 0.4) is 0 Å². The van der Waals surface area contributed by atoms with E-state index in [4.69, 9.17) is 10.5 Å². The van der Waals surface area contributed by atoms with Crippen molar-refractivity contribution in [2.75, 3.05) is 12.3 Å². The average molecular weight is 295 g/mol. The first kappa shape index (κ1) is 13.8. The molecule has 0 atom stereocenters. The van der Waals surface area contributed by atoms with Gasteiger partial charge in [-0.25, -0.2) is 9.97 Å². The third-order valence-electron chi connectivity index (χ3n) is 3.30. The zero-order valence-corrected chi connectivity index (χ0v) is 10.9. The summed E-state index contributed by atoms with van der Waals surface area (Å²) in [4.78, 5) is 8.43. The van der Waals surface area contributed by atoms with Gasteiger partial charge in [-0.05, 0) is 12.1 Å². The molecule has 0 amide bonds. The molecule has 1 aromatic heterocycles. The van der Waals surface area contributed by atoms with E-state index in [1.165, 1.54) is 12.1 Å². The minimum Gasteiger partial charge on any atom is -0.383 e. The number of alkyl halides is 3. The summed E-state index contributed by atoms with van der Waals surface area (Å²) in [6.45, 7) is 0.857. The molecule has 0 saturated heterocycles. The first-order chi connectivity index (χ1) is 9.95. The van der Waals surface area contributed by atoms with Crippen molar-refractivity contribution in [1.82, 2.24) is 9.97 Å².